The van der Waals surface area contributed by atoms with Crippen LogP contribution in [0.15, 0.2) is 65.6 Å². The second-order valence-electron chi connectivity index (χ2n) is 7.05. The molecule has 150 valence electrons. The molecule has 8 heteroatoms. The molecule has 4 rings (SSSR count). The lowest BCUT2D eigenvalue weighted by molar-refractivity contribution is -0.134. The maximum absolute atomic E-state index is 13.1. The number of fused-ring (bicyclic) bond motifs is 1. The van der Waals surface area contributed by atoms with Crippen molar-refractivity contribution in [3.05, 3.63) is 71.2 Å². The van der Waals surface area contributed by atoms with E-state index in [2.05, 4.69) is 0 Å². The Labute approximate surface area is 174 Å². The smallest absolute Gasteiger partial charge is 0.243 e. The highest BCUT2D eigenvalue weighted by molar-refractivity contribution is 7.89. The SMILES string of the molecule is Nc1ccc(CN2CCN(S(=O)(=O)c3ccc4cc(Cl)ccc4c3)CC2=O)cc1. The summed E-state index contributed by atoms with van der Waals surface area (Å²) in [7, 11) is -3.76. The van der Waals surface area contributed by atoms with Crippen LogP contribution in [-0.2, 0) is 21.4 Å². The number of rotatable bonds is 4. The number of halogens is 1. The Morgan fingerprint density at radius 3 is 2.34 bits per heavy atom. The molecule has 0 saturated carbocycles. The molecule has 0 aromatic heterocycles. The minimum Gasteiger partial charge on any atom is -0.399 e. The Balaban J connectivity index is 1.51. The zero-order chi connectivity index (χ0) is 20.6. The summed E-state index contributed by atoms with van der Waals surface area (Å²) in [6, 6.07) is 17.5. The lowest BCUT2D eigenvalue weighted by atomic mass is 10.1. The first-order valence-corrected chi connectivity index (χ1v) is 11.0. The second-order valence-corrected chi connectivity index (χ2v) is 9.42. The molecule has 0 aliphatic carbocycles. The van der Waals surface area contributed by atoms with Gasteiger partial charge < -0.3 is 10.6 Å². The van der Waals surface area contributed by atoms with Gasteiger partial charge in [-0.15, -0.1) is 0 Å². The number of sulfonamides is 1. The van der Waals surface area contributed by atoms with E-state index in [1.54, 1.807) is 53.4 Å². The lowest BCUT2D eigenvalue weighted by Crippen LogP contribution is -2.51. The number of benzene rings is 3. The summed E-state index contributed by atoms with van der Waals surface area (Å²) < 4.78 is 27.4. The molecule has 1 aliphatic heterocycles. The van der Waals surface area contributed by atoms with Crippen molar-refractivity contribution in [2.45, 2.75) is 11.4 Å². The Bertz CT molecular complexity index is 1180. The molecule has 3 aromatic rings. The molecule has 0 atom stereocenters. The summed E-state index contributed by atoms with van der Waals surface area (Å²) in [6.07, 6.45) is 0. The van der Waals surface area contributed by atoms with E-state index in [4.69, 9.17) is 17.3 Å². The molecule has 0 spiro atoms. The van der Waals surface area contributed by atoms with Gasteiger partial charge in [-0.05, 0) is 52.7 Å². The molecule has 1 amide bonds. The van der Waals surface area contributed by atoms with Crippen LogP contribution in [0.5, 0.6) is 0 Å². The Kier molecular flexibility index (Phi) is 5.21. The third-order valence-electron chi connectivity index (χ3n) is 5.05. The van der Waals surface area contributed by atoms with Gasteiger partial charge in [0.15, 0.2) is 0 Å². The van der Waals surface area contributed by atoms with Crippen molar-refractivity contribution in [2.24, 2.45) is 0 Å². The van der Waals surface area contributed by atoms with Crippen LogP contribution in [0.4, 0.5) is 5.69 Å². The van der Waals surface area contributed by atoms with Gasteiger partial charge >= 0.3 is 0 Å². The first-order valence-electron chi connectivity index (χ1n) is 9.14. The summed E-state index contributed by atoms with van der Waals surface area (Å²) in [6.45, 7) is 0.854. The van der Waals surface area contributed by atoms with Crippen molar-refractivity contribution in [1.29, 1.82) is 0 Å². The molecular formula is C21H20ClN3O3S. The molecule has 1 heterocycles. The third kappa shape index (κ3) is 4.07. The third-order valence-corrected chi connectivity index (χ3v) is 7.12. The van der Waals surface area contributed by atoms with Crippen molar-refractivity contribution >= 4 is 44.0 Å². The quantitative estimate of drug-likeness (QED) is 0.646. The number of nitrogen functional groups attached to an aromatic ring is 1. The molecule has 2 N–H and O–H groups in total. The average molecular weight is 430 g/mol. The number of nitrogens with two attached hydrogens (primary N) is 1. The summed E-state index contributed by atoms with van der Waals surface area (Å²) >= 11 is 5.99. The Morgan fingerprint density at radius 2 is 1.62 bits per heavy atom. The molecule has 0 bridgehead atoms. The number of hydrogen-bond acceptors (Lipinski definition) is 4. The van der Waals surface area contributed by atoms with Gasteiger partial charge in [-0.2, -0.15) is 4.31 Å². The number of nitrogens with zero attached hydrogens (tertiary/aromatic N) is 2. The van der Waals surface area contributed by atoms with Crippen LogP contribution in [-0.4, -0.2) is 43.2 Å². The molecule has 3 aromatic carbocycles. The number of carbonyl (C=O) groups excluding carboxylic acids is 1. The molecule has 6 nitrogen and oxygen atoms in total. The van der Waals surface area contributed by atoms with Crippen molar-refractivity contribution < 1.29 is 13.2 Å². The normalized spacial score (nSPS) is 15.8. The van der Waals surface area contributed by atoms with Crippen LogP contribution in [0, 0.1) is 0 Å². The van der Waals surface area contributed by atoms with Crippen molar-refractivity contribution in [3.8, 4) is 0 Å². The number of hydrogen-bond donors (Lipinski definition) is 1. The standard InChI is InChI=1S/C21H20ClN3O3S/c22-18-5-3-17-12-20(8-4-16(17)11-18)29(27,28)25-10-9-24(21(26)14-25)13-15-1-6-19(23)7-2-15/h1-8,11-12H,9-10,13-14,23H2. The van der Waals surface area contributed by atoms with Gasteiger partial charge in [0.05, 0.1) is 11.4 Å². The highest BCUT2D eigenvalue weighted by Crippen LogP contribution is 2.25. The van der Waals surface area contributed by atoms with E-state index in [9.17, 15) is 13.2 Å². The monoisotopic (exact) mass is 429 g/mol. The van der Waals surface area contributed by atoms with E-state index in [-0.39, 0.29) is 23.9 Å². The maximum Gasteiger partial charge on any atom is 0.243 e. The predicted molar refractivity (Wildman–Crippen MR) is 114 cm³/mol. The average Bonchev–Trinajstić information content (AvgIpc) is 2.70. The number of carbonyl (C=O) groups is 1. The number of piperazine rings is 1. The fourth-order valence-corrected chi connectivity index (χ4v) is 5.00. The molecular weight excluding hydrogens is 410 g/mol. The van der Waals surface area contributed by atoms with Crippen molar-refractivity contribution in [2.75, 3.05) is 25.4 Å². The first kappa shape index (κ1) is 19.7. The number of anilines is 1. The zero-order valence-corrected chi connectivity index (χ0v) is 17.2. The fourth-order valence-electron chi connectivity index (χ4n) is 3.41. The van der Waals surface area contributed by atoms with Crippen molar-refractivity contribution in [1.82, 2.24) is 9.21 Å². The lowest BCUT2D eigenvalue weighted by Gasteiger charge is -2.33. The van der Waals surface area contributed by atoms with Gasteiger partial charge in [0.1, 0.15) is 0 Å². The summed E-state index contributed by atoms with van der Waals surface area (Å²) in [5.74, 6) is -0.218. The van der Waals surface area contributed by atoms with Gasteiger partial charge in [-0.3, -0.25) is 4.79 Å². The van der Waals surface area contributed by atoms with Crippen LogP contribution in [0.2, 0.25) is 5.02 Å². The van der Waals surface area contributed by atoms with Crippen LogP contribution in [0.3, 0.4) is 0 Å². The molecule has 29 heavy (non-hydrogen) atoms. The van der Waals surface area contributed by atoms with Gasteiger partial charge in [0.2, 0.25) is 15.9 Å². The molecule has 1 saturated heterocycles. The van der Waals surface area contributed by atoms with E-state index in [0.717, 1.165) is 16.3 Å². The number of amides is 1. The van der Waals surface area contributed by atoms with E-state index in [1.807, 2.05) is 12.1 Å². The minimum absolute atomic E-state index is 0.171. The largest absolute Gasteiger partial charge is 0.399 e. The van der Waals surface area contributed by atoms with Crippen LogP contribution in [0.1, 0.15) is 5.56 Å². The van der Waals surface area contributed by atoms with Crippen LogP contribution >= 0.6 is 11.6 Å². The first-order chi connectivity index (χ1) is 13.8. The maximum atomic E-state index is 13.1. The highest BCUT2D eigenvalue weighted by atomic mass is 35.5. The van der Waals surface area contributed by atoms with Crippen LogP contribution in [0.25, 0.3) is 10.8 Å². The molecule has 1 aliphatic rings. The van der Waals surface area contributed by atoms with Gasteiger partial charge in [0.25, 0.3) is 0 Å². The van der Waals surface area contributed by atoms with E-state index in [0.29, 0.717) is 23.8 Å². The Hall–Kier alpha value is -2.61. The molecule has 0 unspecified atom stereocenters. The highest BCUT2D eigenvalue weighted by Gasteiger charge is 2.32. The van der Waals surface area contributed by atoms with Gasteiger partial charge in [-0.25, -0.2) is 8.42 Å². The predicted octanol–water partition coefficient (Wildman–Crippen LogP) is 3.11. The Morgan fingerprint density at radius 1 is 0.931 bits per heavy atom. The van der Waals surface area contributed by atoms with Gasteiger partial charge in [-0.1, -0.05) is 35.9 Å². The molecule has 1 fully saturated rings. The topological polar surface area (TPSA) is 83.7 Å². The zero-order valence-electron chi connectivity index (χ0n) is 15.6. The second kappa shape index (κ2) is 7.67. The van der Waals surface area contributed by atoms with E-state index >= 15 is 0 Å². The van der Waals surface area contributed by atoms with E-state index < -0.39 is 10.0 Å². The summed E-state index contributed by atoms with van der Waals surface area (Å²) in [5.41, 5.74) is 7.31. The fraction of sp³-hybridized carbons (Fsp3) is 0.190. The van der Waals surface area contributed by atoms with Crippen LogP contribution < -0.4 is 5.73 Å². The summed E-state index contributed by atoms with van der Waals surface area (Å²) in [4.78, 5) is 14.4. The molecule has 0 radical (unpaired) electrons. The van der Waals surface area contributed by atoms with Crippen molar-refractivity contribution in [3.63, 3.8) is 0 Å². The minimum atomic E-state index is -3.76. The summed E-state index contributed by atoms with van der Waals surface area (Å²) in [5, 5.41) is 2.24. The van der Waals surface area contributed by atoms with E-state index in [1.165, 1.54) is 4.31 Å². The van der Waals surface area contributed by atoms with Gasteiger partial charge in [0, 0.05) is 30.3 Å².